The third-order valence-electron chi connectivity index (χ3n) is 4.38. The normalized spacial score (nSPS) is 13.7. The monoisotopic (exact) mass is 340 g/mol. The molecule has 7 heteroatoms. The molecule has 0 atom stereocenters. The Bertz CT molecular complexity index is 871. The van der Waals surface area contributed by atoms with E-state index >= 15 is 0 Å². The van der Waals surface area contributed by atoms with E-state index in [0.29, 0.717) is 31.7 Å². The zero-order chi connectivity index (χ0) is 17.2. The molecule has 128 valence electrons. The van der Waals surface area contributed by atoms with Crippen molar-refractivity contribution in [2.45, 2.75) is 25.9 Å². The Balaban J connectivity index is 1.47. The maximum Gasteiger partial charge on any atom is 0.228 e. The standard InChI is InChI=1S/C18H17FN4O2/c19-13-3-4-14(20-10-13)9-18(24)23-8-5-17-15(11-23)16(21-25-17)12-22-6-1-2-7-22/h1-4,6-7,10H,5,8-9,11-12H2. The second kappa shape index (κ2) is 6.51. The fourth-order valence-electron chi connectivity index (χ4n) is 3.03. The Kier molecular flexibility index (Phi) is 4.05. The summed E-state index contributed by atoms with van der Waals surface area (Å²) in [6, 6.07) is 6.77. The van der Waals surface area contributed by atoms with Crippen LogP contribution in [0.1, 0.15) is 22.7 Å². The van der Waals surface area contributed by atoms with E-state index in [-0.39, 0.29) is 12.3 Å². The molecule has 0 aliphatic carbocycles. The molecule has 0 aromatic carbocycles. The minimum Gasteiger partial charge on any atom is -0.361 e. The van der Waals surface area contributed by atoms with Gasteiger partial charge in [-0.25, -0.2) is 4.39 Å². The third-order valence-corrected chi connectivity index (χ3v) is 4.38. The molecule has 6 nitrogen and oxygen atoms in total. The molecule has 3 aromatic heterocycles. The predicted octanol–water partition coefficient (Wildman–Crippen LogP) is 2.19. The van der Waals surface area contributed by atoms with E-state index in [2.05, 4.69) is 10.1 Å². The summed E-state index contributed by atoms with van der Waals surface area (Å²) in [6.07, 6.45) is 5.87. The van der Waals surface area contributed by atoms with Crippen LogP contribution in [0.25, 0.3) is 0 Å². The molecule has 25 heavy (non-hydrogen) atoms. The molecular weight excluding hydrogens is 323 g/mol. The van der Waals surface area contributed by atoms with Crippen LogP contribution in [0.3, 0.4) is 0 Å². The lowest BCUT2D eigenvalue weighted by Crippen LogP contribution is -2.37. The highest BCUT2D eigenvalue weighted by molar-refractivity contribution is 5.78. The van der Waals surface area contributed by atoms with Crippen LogP contribution >= 0.6 is 0 Å². The highest BCUT2D eigenvalue weighted by atomic mass is 19.1. The first kappa shape index (κ1) is 15.6. The van der Waals surface area contributed by atoms with Gasteiger partial charge in [0.05, 0.1) is 25.7 Å². The smallest absolute Gasteiger partial charge is 0.228 e. The van der Waals surface area contributed by atoms with Gasteiger partial charge in [-0.1, -0.05) is 5.16 Å². The zero-order valence-corrected chi connectivity index (χ0v) is 13.6. The minimum absolute atomic E-state index is 0.0297. The maximum atomic E-state index is 12.9. The number of hydrogen-bond donors (Lipinski definition) is 0. The summed E-state index contributed by atoms with van der Waals surface area (Å²) in [5, 5.41) is 4.17. The quantitative estimate of drug-likeness (QED) is 0.730. The number of carbonyl (C=O) groups is 1. The van der Waals surface area contributed by atoms with Gasteiger partial charge < -0.3 is 14.0 Å². The van der Waals surface area contributed by atoms with Crippen molar-refractivity contribution in [1.29, 1.82) is 0 Å². The molecule has 0 fully saturated rings. The van der Waals surface area contributed by atoms with Crippen molar-refractivity contribution < 1.29 is 13.7 Å². The first-order valence-corrected chi connectivity index (χ1v) is 8.14. The predicted molar refractivity (Wildman–Crippen MR) is 87.1 cm³/mol. The number of fused-ring (bicyclic) bond motifs is 1. The van der Waals surface area contributed by atoms with E-state index in [0.717, 1.165) is 23.2 Å². The Morgan fingerprint density at radius 1 is 1.28 bits per heavy atom. The van der Waals surface area contributed by atoms with E-state index in [1.54, 1.807) is 11.0 Å². The van der Waals surface area contributed by atoms with Crippen molar-refractivity contribution in [2.24, 2.45) is 0 Å². The summed E-state index contributed by atoms with van der Waals surface area (Å²) < 4.78 is 20.4. The Labute approximate surface area is 143 Å². The molecule has 0 N–H and O–H groups in total. The van der Waals surface area contributed by atoms with Gasteiger partial charge in [-0.15, -0.1) is 0 Å². The molecule has 4 heterocycles. The maximum absolute atomic E-state index is 12.9. The zero-order valence-electron chi connectivity index (χ0n) is 13.6. The number of aromatic nitrogens is 3. The van der Waals surface area contributed by atoms with Gasteiger partial charge in [0.25, 0.3) is 0 Å². The molecule has 1 aliphatic rings. The topological polar surface area (TPSA) is 64.2 Å². The molecule has 0 unspecified atom stereocenters. The fourth-order valence-corrected chi connectivity index (χ4v) is 3.03. The molecule has 0 saturated heterocycles. The van der Waals surface area contributed by atoms with Crippen molar-refractivity contribution >= 4 is 5.91 Å². The van der Waals surface area contributed by atoms with Crippen LogP contribution in [0.4, 0.5) is 4.39 Å². The van der Waals surface area contributed by atoms with Crippen LogP contribution in [0, 0.1) is 5.82 Å². The van der Waals surface area contributed by atoms with E-state index in [9.17, 15) is 9.18 Å². The van der Waals surface area contributed by atoms with E-state index < -0.39 is 5.82 Å². The molecule has 1 amide bonds. The van der Waals surface area contributed by atoms with Crippen LogP contribution < -0.4 is 0 Å². The van der Waals surface area contributed by atoms with Crippen molar-refractivity contribution in [3.05, 3.63) is 71.4 Å². The van der Waals surface area contributed by atoms with Gasteiger partial charge in [0.1, 0.15) is 17.3 Å². The summed E-state index contributed by atoms with van der Waals surface area (Å²) in [4.78, 5) is 18.3. The van der Waals surface area contributed by atoms with Gasteiger partial charge in [-0.2, -0.15) is 0 Å². The number of amides is 1. The number of pyridine rings is 1. The van der Waals surface area contributed by atoms with E-state index in [1.807, 2.05) is 29.1 Å². The van der Waals surface area contributed by atoms with Crippen LogP contribution in [0.2, 0.25) is 0 Å². The van der Waals surface area contributed by atoms with Gasteiger partial charge in [0, 0.05) is 36.6 Å². The summed E-state index contributed by atoms with van der Waals surface area (Å²) in [5.41, 5.74) is 2.40. The summed E-state index contributed by atoms with van der Waals surface area (Å²) >= 11 is 0. The molecular formula is C18H17FN4O2. The Morgan fingerprint density at radius 2 is 2.12 bits per heavy atom. The molecule has 0 radical (unpaired) electrons. The van der Waals surface area contributed by atoms with Gasteiger partial charge in [-0.3, -0.25) is 9.78 Å². The van der Waals surface area contributed by atoms with Crippen LogP contribution in [0.15, 0.2) is 47.4 Å². The summed E-state index contributed by atoms with van der Waals surface area (Å²) in [6.45, 7) is 1.69. The lowest BCUT2D eigenvalue weighted by Gasteiger charge is -2.26. The van der Waals surface area contributed by atoms with Crippen LogP contribution in [-0.2, 0) is 30.7 Å². The summed E-state index contributed by atoms with van der Waals surface area (Å²) in [7, 11) is 0. The third kappa shape index (κ3) is 3.31. The average molecular weight is 340 g/mol. The first-order valence-electron chi connectivity index (χ1n) is 8.14. The molecule has 3 aromatic rings. The van der Waals surface area contributed by atoms with Crippen LogP contribution in [0.5, 0.6) is 0 Å². The largest absolute Gasteiger partial charge is 0.361 e. The van der Waals surface area contributed by atoms with E-state index in [4.69, 9.17) is 4.52 Å². The van der Waals surface area contributed by atoms with Gasteiger partial charge in [0.2, 0.25) is 5.91 Å². The molecule has 0 bridgehead atoms. The average Bonchev–Trinajstić information content (AvgIpc) is 3.27. The number of rotatable bonds is 4. The second-order valence-electron chi connectivity index (χ2n) is 6.10. The Hall–Kier alpha value is -2.96. The van der Waals surface area contributed by atoms with Crippen LogP contribution in [-0.4, -0.2) is 32.1 Å². The van der Waals surface area contributed by atoms with E-state index in [1.165, 1.54) is 6.07 Å². The van der Waals surface area contributed by atoms with Crippen molar-refractivity contribution in [3.63, 3.8) is 0 Å². The van der Waals surface area contributed by atoms with Crippen molar-refractivity contribution in [3.8, 4) is 0 Å². The molecule has 1 aliphatic heterocycles. The van der Waals surface area contributed by atoms with Gasteiger partial charge in [-0.05, 0) is 24.3 Å². The van der Waals surface area contributed by atoms with Crippen molar-refractivity contribution in [1.82, 2.24) is 19.6 Å². The van der Waals surface area contributed by atoms with Gasteiger partial charge in [0.15, 0.2) is 0 Å². The number of hydrogen-bond acceptors (Lipinski definition) is 4. The lowest BCUT2D eigenvalue weighted by atomic mass is 10.1. The lowest BCUT2D eigenvalue weighted by molar-refractivity contribution is -0.131. The summed E-state index contributed by atoms with van der Waals surface area (Å²) in [5.74, 6) is 0.418. The highest BCUT2D eigenvalue weighted by Gasteiger charge is 2.27. The number of carbonyl (C=O) groups excluding carboxylic acids is 1. The second-order valence-corrected chi connectivity index (χ2v) is 6.10. The highest BCUT2D eigenvalue weighted by Crippen LogP contribution is 2.23. The number of nitrogens with zero attached hydrogens (tertiary/aromatic N) is 4. The fraction of sp³-hybridized carbons (Fsp3) is 0.278. The number of halogens is 1. The molecule has 0 spiro atoms. The van der Waals surface area contributed by atoms with Gasteiger partial charge >= 0.3 is 0 Å². The Morgan fingerprint density at radius 3 is 2.88 bits per heavy atom. The molecule has 4 rings (SSSR count). The van der Waals surface area contributed by atoms with Crippen molar-refractivity contribution in [2.75, 3.05) is 6.54 Å². The first-order chi connectivity index (χ1) is 12.2. The minimum atomic E-state index is -0.405. The SMILES string of the molecule is O=C(Cc1ccc(F)cn1)N1CCc2onc(Cn3cccc3)c2C1. The molecule has 0 saturated carbocycles.